The molecule has 8 heteroatoms. The number of aromatic amines is 2. The summed E-state index contributed by atoms with van der Waals surface area (Å²) >= 11 is 0. The first kappa shape index (κ1) is 39.5. The number of aromatic nitrogens is 8. The molecule has 0 saturated heterocycles. The molecule has 0 saturated carbocycles. The van der Waals surface area contributed by atoms with Crippen LogP contribution in [0.2, 0.25) is 0 Å². The number of pyridine rings is 4. The van der Waals surface area contributed by atoms with Gasteiger partial charge in [0.2, 0.25) is 22.1 Å². The summed E-state index contributed by atoms with van der Waals surface area (Å²) in [6.45, 7) is 0. The number of rotatable bonds is 4. The van der Waals surface area contributed by atoms with Crippen LogP contribution in [0, 0.1) is 0 Å². The minimum Gasteiger partial charge on any atom is -0.354 e. The van der Waals surface area contributed by atoms with Gasteiger partial charge in [-0.2, -0.15) is 0 Å². The summed E-state index contributed by atoms with van der Waals surface area (Å²) in [7, 11) is 8.48. The molecule has 0 spiro atoms. The minimum atomic E-state index is 0.869. The van der Waals surface area contributed by atoms with Gasteiger partial charge >= 0.3 is 0 Å². The highest BCUT2D eigenvalue weighted by Gasteiger charge is 2.24. The molecule has 0 radical (unpaired) electrons. The van der Waals surface area contributed by atoms with Crippen molar-refractivity contribution in [2.45, 2.75) is 0 Å². The molecular weight excluding hydrogens is 833 g/mol. The van der Waals surface area contributed by atoms with Gasteiger partial charge in [0.1, 0.15) is 28.2 Å². The Bertz CT molecular complexity index is 3680. The molecule has 4 aromatic carbocycles. The van der Waals surface area contributed by atoms with Gasteiger partial charge in [-0.25, -0.2) is 28.2 Å². The molecule has 68 heavy (non-hydrogen) atoms. The minimum absolute atomic E-state index is 0.869. The van der Waals surface area contributed by atoms with Crippen molar-refractivity contribution in [1.29, 1.82) is 0 Å². The van der Waals surface area contributed by atoms with E-state index < -0.39 is 0 Å². The van der Waals surface area contributed by atoms with Gasteiger partial charge in [-0.3, -0.25) is 0 Å². The Kier molecular flexibility index (Phi) is 8.92. The van der Waals surface area contributed by atoms with Gasteiger partial charge in [-0.05, 0) is 97.1 Å². The summed E-state index contributed by atoms with van der Waals surface area (Å²) in [5.41, 5.74) is 20.2. The van der Waals surface area contributed by atoms with Crippen molar-refractivity contribution in [3.05, 3.63) is 193 Å². The fourth-order valence-corrected chi connectivity index (χ4v) is 10.6. The molecule has 0 aliphatic carbocycles. The topological polar surface area (TPSA) is 72.9 Å². The van der Waals surface area contributed by atoms with Crippen LogP contribution in [-0.4, -0.2) is 19.9 Å². The molecule has 7 aromatic heterocycles. The number of nitrogens with one attached hydrogen (secondary N) is 2. The van der Waals surface area contributed by atoms with Crippen molar-refractivity contribution in [1.82, 2.24) is 19.9 Å². The molecular formula is C60H46N8+4. The highest BCUT2D eigenvalue weighted by atomic mass is 14.9. The van der Waals surface area contributed by atoms with E-state index >= 15 is 0 Å². The molecule has 322 valence electrons. The molecule has 8 bridgehead atoms. The normalized spacial score (nSPS) is 12.3. The van der Waals surface area contributed by atoms with Crippen LogP contribution in [0.5, 0.6) is 0 Å². The van der Waals surface area contributed by atoms with Gasteiger partial charge in [0.05, 0.1) is 45.0 Å². The maximum absolute atomic E-state index is 5.63. The smallest absolute Gasteiger partial charge is 0.212 e. The lowest BCUT2D eigenvalue weighted by atomic mass is 10.0. The average molecular weight is 879 g/mol. The Morgan fingerprint density at radius 2 is 0.544 bits per heavy atom. The maximum atomic E-state index is 5.63. The van der Waals surface area contributed by atoms with Crippen LogP contribution in [0.25, 0.3) is 134 Å². The standard InChI is InChI=1S/C60H46N8/c1-65-33-41(29-37-13-5-9-17-53(37)65)57-45-21-23-47(61-45)58(42-30-38-14-6-10-18-54(38)66(2)34-42)49-25-27-51(63-49)60(44-32-40-16-8-12-20-56(40)68(4)36-44)52-28-26-50(64-52)59(48-24-22-46(57)62-48)43-31-39-15-7-11-19-55(39)67(3)35-43/h5-36,61,64H,1-4H3/q+4. The van der Waals surface area contributed by atoms with E-state index in [1.807, 2.05) is 0 Å². The zero-order valence-electron chi connectivity index (χ0n) is 38.2. The molecule has 0 unspecified atom stereocenters. The first-order chi connectivity index (χ1) is 33.3. The Balaban J connectivity index is 1.21. The predicted molar refractivity (Wildman–Crippen MR) is 275 cm³/mol. The van der Waals surface area contributed by atoms with Crippen LogP contribution in [0.3, 0.4) is 0 Å². The van der Waals surface area contributed by atoms with Gasteiger partial charge in [-0.15, -0.1) is 0 Å². The summed E-state index contributed by atoms with van der Waals surface area (Å²) in [6.07, 6.45) is 17.6. The van der Waals surface area contributed by atoms with E-state index in [-0.39, 0.29) is 0 Å². The Morgan fingerprint density at radius 1 is 0.309 bits per heavy atom. The molecule has 13 rings (SSSR count). The molecule has 0 fully saturated rings. The fourth-order valence-electron chi connectivity index (χ4n) is 10.6. The van der Waals surface area contributed by atoms with E-state index in [4.69, 9.17) is 9.97 Å². The van der Waals surface area contributed by atoms with Crippen molar-refractivity contribution in [3.8, 4) is 44.5 Å². The highest BCUT2D eigenvalue weighted by molar-refractivity contribution is 6.01. The number of para-hydroxylation sites is 4. The summed E-state index contributed by atoms with van der Waals surface area (Å²) < 4.78 is 8.85. The number of H-pyrrole nitrogens is 2. The second kappa shape index (κ2) is 15.4. The lowest BCUT2D eigenvalue weighted by molar-refractivity contribution is -0.644. The molecule has 2 aliphatic heterocycles. The van der Waals surface area contributed by atoms with Crippen molar-refractivity contribution < 1.29 is 18.3 Å². The van der Waals surface area contributed by atoms with Crippen molar-refractivity contribution >= 4 is 90.0 Å². The third kappa shape index (κ3) is 6.44. The summed E-state index contributed by atoms with van der Waals surface area (Å²) in [4.78, 5) is 19.2. The van der Waals surface area contributed by atoms with Gasteiger partial charge in [0, 0.05) is 90.1 Å². The zero-order chi connectivity index (χ0) is 45.6. The van der Waals surface area contributed by atoms with E-state index in [1.54, 1.807) is 0 Å². The molecule has 8 nitrogen and oxygen atoms in total. The van der Waals surface area contributed by atoms with Gasteiger partial charge in [0.15, 0.2) is 24.8 Å². The number of hydrogen-bond acceptors (Lipinski definition) is 2. The SMILES string of the molecule is C[n+]1cc(-c2c3nc(c(-c4cc5ccccc5[n+](C)c4)c4ccc([nH]4)c(-c4cc5ccccc5[n+](C)c4)c4nc(c(-c5cc6ccccc6[n+](C)c5)c5ccc2[nH]5)C=C4)C=C3)cc2ccccc21. The first-order valence-corrected chi connectivity index (χ1v) is 23.0. The largest absolute Gasteiger partial charge is 0.354 e. The number of fused-ring (bicyclic) bond motifs is 12. The Hall–Kier alpha value is -8.88. The summed E-state index contributed by atoms with van der Waals surface area (Å²) in [6, 6.07) is 52.1. The first-order valence-electron chi connectivity index (χ1n) is 23.0. The number of aryl methyl sites for hydroxylation is 4. The third-order valence-corrected chi connectivity index (χ3v) is 13.8. The molecule has 0 atom stereocenters. The molecule has 2 N–H and O–H groups in total. The lowest BCUT2D eigenvalue weighted by Crippen LogP contribution is -2.28. The van der Waals surface area contributed by atoms with Crippen LogP contribution in [0.4, 0.5) is 0 Å². The quantitative estimate of drug-likeness (QED) is 0.173. The van der Waals surface area contributed by atoms with Crippen molar-refractivity contribution in [2.24, 2.45) is 28.2 Å². The van der Waals surface area contributed by atoms with Gasteiger partial charge in [-0.1, -0.05) is 48.5 Å². The number of hydrogen-bond donors (Lipinski definition) is 2. The number of nitrogens with zero attached hydrogens (tertiary/aromatic N) is 6. The van der Waals surface area contributed by atoms with E-state index in [1.165, 1.54) is 0 Å². The van der Waals surface area contributed by atoms with Crippen LogP contribution in [0.15, 0.2) is 170 Å². The van der Waals surface area contributed by atoms with Crippen LogP contribution >= 0.6 is 0 Å². The fraction of sp³-hybridized carbons (Fsp3) is 0.0667. The van der Waals surface area contributed by atoms with Crippen LogP contribution in [0.1, 0.15) is 22.8 Å². The second-order valence-electron chi connectivity index (χ2n) is 18.1. The van der Waals surface area contributed by atoms with E-state index in [0.717, 1.165) is 133 Å². The molecule has 0 amide bonds. The second-order valence-corrected chi connectivity index (χ2v) is 18.1. The van der Waals surface area contributed by atoms with Crippen molar-refractivity contribution in [3.63, 3.8) is 0 Å². The summed E-state index contributed by atoms with van der Waals surface area (Å²) in [5.74, 6) is 0. The van der Waals surface area contributed by atoms with Crippen molar-refractivity contribution in [2.75, 3.05) is 0 Å². The van der Waals surface area contributed by atoms with E-state index in [2.05, 4.69) is 251 Å². The Labute approximate surface area is 392 Å². The lowest BCUT2D eigenvalue weighted by Gasteiger charge is -2.08. The molecule has 11 aromatic rings. The average Bonchev–Trinajstić information content (AvgIpc) is 4.21. The van der Waals surface area contributed by atoms with Gasteiger partial charge < -0.3 is 9.97 Å². The van der Waals surface area contributed by atoms with Crippen LogP contribution < -0.4 is 18.3 Å². The highest BCUT2D eigenvalue weighted by Crippen LogP contribution is 2.39. The number of benzene rings is 4. The predicted octanol–water partition coefficient (Wildman–Crippen LogP) is 11.2. The monoisotopic (exact) mass is 878 g/mol. The van der Waals surface area contributed by atoms with Gasteiger partial charge in [0.25, 0.3) is 0 Å². The Morgan fingerprint density at radius 3 is 0.794 bits per heavy atom. The van der Waals surface area contributed by atoms with Crippen LogP contribution in [-0.2, 0) is 28.2 Å². The molecule has 9 heterocycles. The van der Waals surface area contributed by atoms with E-state index in [9.17, 15) is 0 Å². The molecule has 2 aliphatic rings. The summed E-state index contributed by atoms with van der Waals surface area (Å²) in [5, 5.41) is 4.60. The maximum Gasteiger partial charge on any atom is 0.212 e. The third-order valence-electron chi connectivity index (χ3n) is 13.8. The zero-order valence-corrected chi connectivity index (χ0v) is 38.2. The van der Waals surface area contributed by atoms with E-state index in [0.29, 0.717) is 0 Å².